The topological polar surface area (TPSA) is 180 Å². The lowest BCUT2D eigenvalue weighted by Crippen LogP contribution is -2.61. The summed E-state index contributed by atoms with van der Waals surface area (Å²) in [5, 5.41) is 53.9. The number of hydrogen-bond acceptors (Lipinski definition) is 10. The van der Waals surface area contributed by atoms with E-state index in [2.05, 4.69) is 4.98 Å². The van der Waals surface area contributed by atoms with Crippen LogP contribution >= 0.6 is 0 Å². The Labute approximate surface area is 259 Å². The maximum Gasteiger partial charge on any atom is 0.192 e. The number of aromatic amines is 1. The molecule has 244 valence electrons. The van der Waals surface area contributed by atoms with Gasteiger partial charge in [0.05, 0.1) is 29.6 Å². The Morgan fingerprint density at radius 3 is 2.69 bits per heavy atom. The summed E-state index contributed by atoms with van der Waals surface area (Å²) >= 11 is 0. The van der Waals surface area contributed by atoms with Gasteiger partial charge in [-0.2, -0.15) is 0 Å². The molecule has 1 aliphatic carbocycles. The van der Waals surface area contributed by atoms with Crippen LogP contribution in [-0.4, -0.2) is 83.9 Å². The highest BCUT2D eigenvalue weighted by atomic mass is 17.2. The number of aromatic nitrogens is 2. The number of ether oxygens (including phenoxy) is 1. The molecular weight excluding hydrogens is 584 g/mol. The second kappa shape index (κ2) is 12.5. The molecule has 0 bridgehead atoms. The van der Waals surface area contributed by atoms with Gasteiger partial charge in [-0.25, -0.2) is 9.78 Å². The molecule has 3 aromatic heterocycles. The van der Waals surface area contributed by atoms with Crippen LogP contribution in [0.2, 0.25) is 0 Å². The molecule has 12 nitrogen and oxygen atoms in total. The molecule has 6 N–H and O–H groups in total. The second-order valence-corrected chi connectivity index (χ2v) is 12.8. The van der Waals surface area contributed by atoms with Crippen molar-refractivity contribution in [2.75, 3.05) is 13.2 Å². The third-order valence-corrected chi connectivity index (χ3v) is 9.78. The first-order valence-corrected chi connectivity index (χ1v) is 15.6. The summed E-state index contributed by atoms with van der Waals surface area (Å²) in [4.78, 5) is 27.4. The molecule has 6 atom stereocenters. The molecular formula is C33H42N2O10. The summed E-state index contributed by atoms with van der Waals surface area (Å²) in [7, 11) is 0. The van der Waals surface area contributed by atoms with E-state index in [1.54, 1.807) is 48.1 Å². The number of benzene rings is 1. The lowest BCUT2D eigenvalue weighted by atomic mass is 9.72. The summed E-state index contributed by atoms with van der Waals surface area (Å²) in [6.45, 7) is 2.01. The van der Waals surface area contributed by atoms with E-state index in [0.29, 0.717) is 34.4 Å². The third kappa shape index (κ3) is 5.92. The van der Waals surface area contributed by atoms with Crippen molar-refractivity contribution in [2.45, 2.75) is 94.5 Å². The number of hydrogen-bond donors (Lipinski definition) is 6. The van der Waals surface area contributed by atoms with Crippen LogP contribution in [0.25, 0.3) is 22.0 Å². The minimum absolute atomic E-state index is 0.147. The van der Waals surface area contributed by atoms with Gasteiger partial charge in [0.2, 0.25) is 0 Å². The van der Waals surface area contributed by atoms with Gasteiger partial charge in [0.25, 0.3) is 0 Å². The molecule has 0 amide bonds. The average molecular weight is 627 g/mol. The molecule has 1 saturated carbocycles. The van der Waals surface area contributed by atoms with Crippen molar-refractivity contribution in [3.05, 3.63) is 64.3 Å². The zero-order valence-corrected chi connectivity index (χ0v) is 25.5. The van der Waals surface area contributed by atoms with Crippen LogP contribution in [0.15, 0.2) is 51.9 Å². The minimum Gasteiger partial charge on any atom is -0.484 e. The number of aryl methyl sites for hydroxylation is 1. The highest BCUT2D eigenvalue weighted by molar-refractivity contribution is 5.80. The summed E-state index contributed by atoms with van der Waals surface area (Å²) in [6, 6.07) is 8.51. The van der Waals surface area contributed by atoms with Crippen molar-refractivity contribution in [3.8, 4) is 5.75 Å². The predicted molar refractivity (Wildman–Crippen MR) is 164 cm³/mol. The molecule has 1 fully saturated rings. The van der Waals surface area contributed by atoms with Gasteiger partial charge >= 0.3 is 0 Å². The second-order valence-electron chi connectivity index (χ2n) is 12.8. The fourth-order valence-corrected chi connectivity index (χ4v) is 7.03. The Morgan fingerprint density at radius 2 is 1.93 bits per heavy atom. The van der Waals surface area contributed by atoms with Crippen LogP contribution in [0, 0.1) is 12.8 Å². The van der Waals surface area contributed by atoms with Gasteiger partial charge in [-0.05, 0) is 50.5 Å². The molecule has 1 aliphatic heterocycles. The van der Waals surface area contributed by atoms with Gasteiger partial charge < -0.3 is 44.2 Å². The van der Waals surface area contributed by atoms with Crippen LogP contribution in [0.1, 0.15) is 50.4 Å². The van der Waals surface area contributed by atoms with Crippen LogP contribution in [0.5, 0.6) is 5.75 Å². The summed E-state index contributed by atoms with van der Waals surface area (Å²) in [5.41, 5.74) is -0.609. The molecule has 6 rings (SSSR count). The number of nitrogens with zero attached hydrogens (tertiary/aromatic N) is 1. The number of aliphatic hydroxyl groups excluding tert-OH is 4. The van der Waals surface area contributed by atoms with E-state index in [-0.39, 0.29) is 17.9 Å². The lowest BCUT2D eigenvalue weighted by Gasteiger charge is -2.47. The number of aliphatic hydroxyl groups is 5. The van der Waals surface area contributed by atoms with Gasteiger partial charge in [0.1, 0.15) is 59.3 Å². The first-order valence-electron chi connectivity index (χ1n) is 15.6. The van der Waals surface area contributed by atoms with Gasteiger partial charge in [-0.15, -0.1) is 0 Å². The molecule has 0 saturated heterocycles. The van der Waals surface area contributed by atoms with Gasteiger partial charge in [-0.3, -0.25) is 4.79 Å². The Morgan fingerprint density at radius 1 is 1.16 bits per heavy atom. The largest absolute Gasteiger partial charge is 0.484 e. The molecule has 12 heteroatoms. The van der Waals surface area contributed by atoms with Crippen LogP contribution in [-0.2, 0) is 22.7 Å². The normalized spacial score (nSPS) is 24.2. The van der Waals surface area contributed by atoms with Crippen LogP contribution in [0.3, 0.4) is 0 Å². The molecule has 2 aliphatic rings. The molecule has 1 aromatic carbocycles. The molecule has 45 heavy (non-hydrogen) atoms. The summed E-state index contributed by atoms with van der Waals surface area (Å²) in [6.07, 6.45) is 2.85. The monoisotopic (exact) mass is 626 g/mol. The smallest absolute Gasteiger partial charge is 0.192 e. The van der Waals surface area contributed by atoms with Crippen molar-refractivity contribution in [2.24, 2.45) is 5.92 Å². The number of nitrogens with one attached hydrogen (secondary N) is 1. The SMILES string of the molecule is Cc1cc(=O)c2cc3c(cc2o1)OC(C)(C1CCCCC1)C(OOCC(O)C(O)(Cn1ccc2[nH]ccc21)C(O)C(O)CO)C3. The van der Waals surface area contributed by atoms with E-state index in [4.69, 9.17) is 18.9 Å². The third-order valence-electron chi connectivity index (χ3n) is 9.78. The van der Waals surface area contributed by atoms with Gasteiger partial charge in [0.15, 0.2) is 5.43 Å². The van der Waals surface area contributed by atoms with Crippen LogP contribution in [0.4, 0.5) is 0 Å². The number of fused-ring (bicyclic) bond motifs is 3. The molecule has 4 aromatic rings. The van der Waals surface area contributed by atoms with E-state index in [1.807, 2.05) is 6.92 Å². The van der Waals surface area contributed by atoms with Crippen molar-refractivity contribution in [1.82, 2.24) is 9.55 Å². The van der Waals surface area contributed by atoms with Crippen molar-refractivity contribution >= 4 is 22.0 Å². The zero-order valence-electron chi connectivity index (χ0n) is 25.5. The molecule has 0 radical (unpaired) electrons. The summed E-state index contributed by atoms with van der Waals surface area (Å²) < 4.78 is 14.1. The van der Waals surface area contributed by atoms with Crippen LogP contribution < -0.4 is 10.2 Å². The standard InChI is InChI=1S/C33H42N2O10/c1-19-12-25(37)22-13-20-14-30(32(2,21-6-4-3-5-7-21)44-27(20)15-28(22)43-19)45-42-17-29(39)33(41,31(40)26(38)16-36)18-35-11-9-23-24(35)8-10-34-23/h8-13,15,21,26,29-31,34,36,38-41H,3-7,14,16-18H2,1-2H3. The maximum atomic E-state index is 12.7. The zero-order chi connectivity index (χ0) is 31.9. The van der Waals surface area contributed by atoms with Crippen molar-refractivity contribution in [1.29, 1.82) is 0 Å². The van der Waals surface area contributed by atoms with Gasteiger partial charge in [-0.1, -0.05) is 19.3 Å². The van der Waals surface area contributed by atoms with E-state index in [0.717, 1.165) is 43.2 Å². The Balaban J connectivity index is 1.24. The Hall–Kier alpha value is -3.23. The Bertz CT molecular complexity index is 1690. The van der Waals surface area contributed by atoms with E-state index in [1.165, 1.54) is 6.07 Å². The molecule has 6 unspecified atom stereocenters. The lowest BCUT2D eigenvalue weighted by molar-refractivity contribution is -0.369. The quantitative estimate of drug-likeness (QED) is 0.107. The summed E-state index contributed by atoms with van der Waals surface area (Å²) in [5.74, 6) is 1.27. The maximum absolute atomic E-state index is 12.7. The van der Waals surface area contributed by atoms with Crippen molar-refractivity contribution in [3.63, 3.8) is 0 Å². The predicted octanol–water partition coefficient (Wildman–Crippen LogP) is 2.48. The Kier molecular flexibility index (Phi) is 8.83. The van der Waals surface area contributed by atoms with Gasteiger partial charge in [0, 0.05) is 36.9 Å². The average Bonchev–Trinajstić information content (AvgIpc) is 3.65. The first-order chi connectivity index (χ1) is 21.5. The van der Waals surface area contributed by atoms with E-state index >= 15 is 0 Å². The van der Waals surface area contributed by atoms with E-state index in [9.17, 15) is 30.3 Å². The highest BCUT2D eigenvalue weighted by Gasteiger charge is 2.50. The van der Waals surface area contributed by atoms with Crippen molar-refractivity contribution < 1.29 is 44.5 Å². The number of H-pyrrole nitrogens is 1. The molecule has 4 heterocycles. The molecule has 0 spiro atoms. The highest BCUT2D eigenvalue weighted by Crippen LogP contribution is 2.45. The minimum atomic E-state index is -2.33. The fraction of sp³-hybridized carbons (Fsp3) is 0.545. The number of rotatable bonds is 11. The van der Waals surface area contributed by atoms with E-state index < -0.39 is 48.8 Å². The fourth-order valence-electron chi connectivity index (χ4n) is 7.03. The first kappa shape index (κ1) is 31.7.